The second-order valence-corrected chi connectivity index (χ2v) is 5.94. The molecule has 132 valence electrons. The predicted octanol–water partition coefficient (Wildman–Crippen LogP) is 2.24. The van der Waals surface area contributed by atoms with Crippen molar-refractivity contribution in [2.45, 2.75) is 38.6 Å². The second kappa shape index (κ2) is 7.11. The lowest BCUT2D eigenvalue weighted by Gasteiger charge is -2.37. The van der Waals surface area contributed by atoms with E-state index in [9.17, 15) is 22.8 Å². The molecule has 0 radical (unpaired) electrons. The van der Waals surface area contributed by atoms with E-state index in [1.807, 2.05) is 6.92 Å². The fourth-order valence-electron chi connectivity index (χ4n) is 2.77. The quantitative estimate of drug-likeness (QED) is 0.910. The maximum Gasteiger partial charge on any atom is 0.573 e. The summed E-state index contributed by atoms with van der Waals surface area (Å²) in [4.78, 5) is 25.4. The van der Waals surface area contributed by atoms with E-state index < -0.39 is 12.3 Å². The number of likely N-dealkylation sites (tertiary alicyclic amines) is 1. The van der Waals surface area contributed by atoms with E-state index in [-0.39, 0.29) is 36.6 Å². The molecule has 5 nitrogen and oxygen atoms in total. The zero-order valence-corrected chi connectivity index (χ0v) is 13.2. The highest BCUT2D eigenvalue weighted by atomic mass is 19.4. The van der Waals surface area contributed by atoms with Crippen LogP contribution in [-0.2, 0) is 16.0 Å². The third-order valence-corrected chi connectivity index (χ3v) is 4.12. The van der Waals surface area contributed by atoms with E-state index in [0.717, 1.165) is 0 Å². The summed E-state index contributed by atoms with van der Waals surface area (Å²) in [7, 11) is 0. The van der Waals surface area contributed by atoms with Gasteiger partial charge in [0.2, 0.25) is 11.8 Å². The average Bonchev–Trinajstić information content (AvgIpc) is 2.48. The van der Waals surface area contributed by atoms with E-state index in [0.29, 0.717) is 18.4 Å². The molecule has 1 aliphatic heterocycles. The Hall–Kier alpha value is -2.25. The van der Waals surface area contributed by atoms with Crippen LogP contribution in [-0.4, -0.2) is 35.7 Å². The van der Waals surface area contributed by atoms with E-state index in [1.165, 1.54) is 24.3 Å². The van der Waals surface area contributed by atoms with E-state index in [2.05, 4.69) is 4.74 Å². The number of hydrogen-bond acceptors (Lipinski definition) is 3. The molecule has 2 N–H and O–H groups in total. The van der Waals surface area contributed by atoms with Crippen molar-refractivity contribution in [3.8, 4) is 5.75 Å². The van der Waals surface area contributed by atoms with Gasteiger partial charge in [-0.2, -0.15) is 0 Å². The molecule has 2 amide bonds. The van der Waals surface area contributed by atoms with Crippen LogP contribution in [0.4, 0.5) is 13.2 Å². The molecule has 0 bridgehead atoms. The number of rotatable bonds is 4. The molecule has 24 heavy (non-hydrogen) atoms. The summed E-state index contributed by atoms with van der Waals surface area (Å²) in [5, 5.41) is 0. The number of nitrogens with two attached hydrogens (primary N) is 1. The molecule has 0 saturated carbocycles. The van der Waals surface area contributed by atoms with Gasteiger partial charge in [0, 0.05) is 12.6 Å². The molecular weight excluding hydrogens is 325 g/mol. The van der Waals surface area contributed by atoms with Gasteiger partial charge in [0.15, 0.2) is 0 Å². The molecule has 0 aliphatic carbocycles. The van der Waals surface area contributed by atoms with Gasteiger partial charge in [-0.25, -0.2) is 0 Å². The normalized spacial score (nSPS) is 21.4. The Balaban J connectivity index is 1.99. The van der Waals surface area contributed by atoms with Gasteiger partial charge in [0.25, 0.3) is 0 Å². The molecule has 1 aromatic carbocycles. The predicted molar refractivity (Wildman–Crippen MR) is 79.9 cm³/mol. The third-order valence-electron chi connectivity index (χ3n) is 4.12. The van der Waals surface area contributed by atoms with Gasteiger partial charge in [-0.15, -0.1) is 13.2 Å². The molecule has 1 aliphatic rings. The molecule has 1 aromatic rings. The lowest BCUT2D eigenvalue weighted by atomic mass is 9.92. The topological polar surface area (TPSA) is 72.6 Å². The summed E-state index contributed by atoms with van der Waals surface area (Å²) < 4.78 is 40.1. The fourth-order valence-corrected chi connectivity index (χ4v) is 2.77. The van der Waals surface area contributed by atoms with Crippen molar-refractivity contribution in [3.05, 3.63) is 29.8 Å². The molecule has 1 heterocycles. The van der Waals surface area contributed by atoms with Crippen LogP contribution >= 0.6 is 0 Å². The summed E-state index contributed by atoms with van der Waals surface area (Å²) >= 11 is 0. The molecule has 2 atom stereocenters. The van der Waals surface area contributed by atoms with Gasteiger partial charge in [0.05, 0.1) is 12.3 Å². The number of carbonyl (C=O) groups excluding carboxylic acids is 2. The summed E-state index contributed by atoms with van der Waals surface area (Å²) in [6.45, 7) is 2.18. The van der Waals surface area contributed by atoms with Crippen molar-refractivity contribution < 1.29 is 27.5 Å². The number of primary amides is 1. The maximum absolute atomic E-state index is 12.4. The Kier molecular flexibility index (Phi) is 5.36. The van der Waals surface area contributed by atoms with Crippen LogP contribution in [0.3, 0.4) is 0 Å². The second-order valence-electron chi connectivity index (χ2n) is 5.94. The summed E-state index contributed by atoms with van der Waals surface area (Å²) in [5.74, 6) is -1.29. The van der Waals surface area contributed by atoms with Crippen LogP contribution in [0.25, 0.3) is 0 Å². The SMILES string of the molecule is C[C@@H]1CC[C@@H](C(N)=O)CN1C(=O)Cc1ccc(OC(F)(F)F)cc1. The lowest BCUT2D eigenvalue weighted by Crippen LogP contribution is -2.49. The minimum Gasteiger partial charge on any atom is -0.406 e. The van der Waals surface area contributed by atoms with Gasteiger partial charge in [-0.3, -0.25) is 9.59 Å². The first-order valence-corrected chi connectivity index (χ1v) is 7.59. The van der Waals surface area contributed by atoms with Gasteiger partial charge >= 0.3 is 6.36 Å². The zero-order valence-electron chi connectivity index (χ0n) is 13.2. The fraction of sp³-hybridized carbons (Fsp3) is 0.500. The molecule has 1 fully saturated rings. The first-order valence-electron chi connectivity index (χ1n) is 7.59. The highest BCUT2D eigenvalue weighted by Crippen LogP contribution is 2.25. The molecule has 8 heteroatoms. The Morgan fingerprint density at radius 3 is 2.42 bits per heavy atom. The highest BCUT2D eigenvalue weighted by molar-refractivity contribution is 5.81. The van der Waals surface area contributed by atoms with Crippen molar-refractivity contribution >= 4 is 11.8 Å². The van der Waals surface area contributed by atoms with Crippen LogP contribution in [0.2, 0.25) is 0 Å². The highest BCUT2D eigenvalue weighted by Gasteiger charge is 2.32. The standard InChI is InChI=1S/C16H19F3N2O3/c1-10-2-5-12(15(20)23)9-21(10)14(22)8-11-3-6-13(7-4-11)24-16(17,18)19/h3-4,6-7,10,12H,2,5,8-9H2,1H3,(H2,20,23)/t10-,12-/m1/s1. The summed E-state index contributed by atoms with van der Waals surface area (Å²) in [5.41, 5.74) is 5.88. The van der Waals surface area contributed by atoms with Crippen LogP contribution in [0, 0.1) is 5.92 Å². The molecule has 0 unspecified atom stereocenters. The number of carbonyl (C=O) groups is 2. The van der Waals surface area contributed by atoms with Crippen molar-refractivity contribution in [1.82, 2.24) is 4.90 Å². The number of benzene rings is 1. The summed E-state index contributed by atoms with van der Waals surface area (Å²) in [6, 6.07) is 5.17. The number of nitrogens with zero attached hydrogens (tertiary/aromatic N) is 1. The minimum absolute atomic E-state index is 0.000867. The minimum atomic E-state index is -4.75. The zero-order chi connectivity index (χ0) is 17.9. The molecular formula is C16H19F3N2O3. The van der Waals surface area contributed by atoms with E-state index in [4.69, 9.17) is 5.73 Å². The van der Waals surface area contributed by atoms with Crippen LogP contribution < -0.4 is 10.5 Å². The number of hydrogen-bond donors (Lipinski definition) is 1. The van der Waals surface area contributed by atoms with Crippen LogP contribution in [0.1, 0.15) is 25.3 Å². The first kappa shape index (κ1) is 18.1. The van der Waals surface area contributed by atoms with E-state index >= 15 is 0 Å². The third kappa shape index (κ3) is 4.87. The first-order chi connectivity index (χ1) is 11.2. The van der Waals surface area contributed by atoms with Gasteiger partial charge in [-0.05, 0) is 37.5 Å². The van der Waals surface area contributed by atoms with Crippen LogP contribution in [0.15, 0.2) is 24.3 Å². The summed E-state index contributed by atoms with van der Waals surface area (Å²) in [6.07, 6.45) is -3.35. The van der Waals surface area contributed by atoms with Gasteiger partial charge in [-0.1, -0.05) is 12.1 Å². The van der Waals surface area contributed by atoms with Crippen molar-refractivity contribution in [1.29, 1.82) is 0 Å². The maximum atomic E-state index is 12.4. The van der Waals surface area contributed by atoms with Gasteiger partial charge in [0.1, 0.15) is 5.75 Å². The average molecular weight is 344 g/mol. The number of amides is 2. The monoisotopic (exact) mass is 344 g/mol. The Morgan fingerprint density at radius 2 is 1.88 bits per heavy atom. The van der Waals surface area contributed by atoms with Crippen molar-refractivity contribution in [2.24, 2.45) is 11.7 Å². The molecule has 0 aromatic heterocycles. The Labute approximate surface area is 137 Å². The van der Waals surface area contributed by atoms with Crippen molar-refractivity contribution in [3.63, 3.8) is 0 Å². The van der Waals surface area contributed by atoms with E-state index in [1.54, 1.807) is 4.90 Å². The van der Waals surface area contributed by atoms with Gasteiger partial charge < -0.3 is 15.4 Å². The number of piperidine rings is 1. The Bertz CT molecular complexity index is 602. The molecule has 1 saturated heterocycles. The molecule has 0 spiro atoms. The molecule has 2 rings (SSSR count). The van der Waals surface area contributed by atoms with Crippen molar-refractivity contribution in [2.75, 3.05) is 6.54 Å². The number of ether oxygens (including phenoxy) is 1. The van der Waals surface area contributed by atoms with Crippen LogP contribution in [0.5, 0.6) is 5.75 Å². The Morgan fingerprint density at radius 1 is 1.25 bits per heavy atom. The number of alkyl halides is 3. The lowest BCUT2D eigenvalue weighted by molar-refractivity contribution is -0.274. The largest absolute Gasteiger partial charge is 0.573 e. The smallest absolute Gasteiger partial charge is 0.406 e. The number of halogens is 3.